The second-order valence-electron chi connectivity index (χ2n) is 10.7. The molecule has 9 nitrogen and oxygen atoms in total. The molecule has 0 aromatic heterocycles. The van der Waals surface area contributed by atoms with Gasteiger partial charge in [0.1, 0.15) is 5.75 Å². The Morgan fingerprint density at radius 3 is 2.29 bits per heavy atom. The Kier molecular flexibility index (Phi) is 9.16. The maximum atomic E-state index is 13.1. The molecule has 1 fully saturated rings. The van der Waals surface area contributed by atoms with Gasteiger partial charge in [-0.1, -0.05) is 18.2 Å². The summed E-state index contributed by atoms with van der Waals surface area (Å²) < 4.78 is 5.79. The fourth-order valence-corrected chi connectivity index (χ4v) is 5.53. The van der Waals surface area contributed by atoms with Gasteiger partial charge in [-0.3, -0.25) is 19.2 Å². The molecule has 2 aliphatic rings. The van der Waals surface area contributed by atoms with E-state index in [-0.39, 0.29) is 29.7 Å². The number of aryl methyl sites for hydroxylation is 1. The van der Waals surface area contributed by atoms with Crippen molar-refractivity contribution in [2.45, 2.75) is 45.1 Å². The first-order chi connectivity index (χ1) is 20.4. The fraction of sp³-hybridized carbons (Fsp3) is 0.333. The lowest BCUT2D eigenvalue weighted by Crippen LogP contribution is -2.50. The summed E-state index contributed by atoms with van der Waals surface area (Å²) in [6.07, 6.45) is 3.46. The van der Waals surface area contributed by atoms with Crippen LogP contribution in [0.5, 0.6) is 5.75 Å². The van der Waals surface area contributed by atoms with Crippen LogP contribution in [0.1, 0.15) is 58.9 Å². The van der Waals surface area contributed by atoms with Crippen LogP contribution in [0.3, 0.4) is 0 Å². The number of ether oxygens (including phenoxy) is 1. The summed E-state index contributed by atoms with van der Waals surface area (Å²) in [4.78, 5) is 53.2. The van der Waals surface area contributed by atoms with Crippen LogP contribution in [0.2, 0.25) is 0 Å². The molecular weight excluding hydrogens is 532 g/mol. The zero-order valence-corrected chi connectivity index (χ0v) is 23.8. The summed E-state index contributed by atoms with van der Waals surface area (Å²) in [5.74, 6) is 0.462. The average Bonchev–Trinajstić information content (AvgIpc) is 3.01. The van der Waals surface area contributed by atoms with E-state index in [1.807, 2.05) is 28.0 Å². The number of likely N-dealkylation sites (tertiary alicyclic amines) is 1. The van der Waals surface area contributed by atoms with Gasteiger partial charge in [-0.05, 0) is 85.8 Å². The van der Waals surface area contributed by atoms with Crippen LogP contribution in [0.25, 0.3) is 0 Å². The maximum Gasteiger partial charge on any atom is 0.253 e. The van der Waals surface area contributed by atoms with Crippen molar-refractivity contribution in [1.82, 2.24) is 10.2 Å². The number of carbonyl (C=O) groups excluding carboxylic acids is 4. The number of benzene rings is 3. The van der Waals surface area contributed by atoms with Gasteiger partial charge in [0.15, 0.2) is 0 Å². The van der Waals surface area contributed by atoms with Gasteiger partial charge in [-0.25, -0.2) is 0 Å². The molecule has 5 rings (SSSR count). The molecule has 2 aliphatic heterocycles. The molecule has 2 heterocycles. The van der Waals surface area contributed by atoms with Gasteiger partial charge >= 0.3 is 0 Å². The highest BCUT2D eigenvalue weighted by Gasteiger charge is 2.33. The third-order valence-corrected chi connectivity index (χ3v) is 7.69. The average molecular weight is 569 g/mol. The fourth-order valence-electron chi connectivity index (χ4n) is 5.53. The Bertz CT molecular complexity index is 1430. The molecule has 0 spiro atoms. The Labute approximate surface area is 245 Å². The van der Waals surface area contributed by atoms with Gasteiger partial charge in [0.2, 0.25) is 11.8 Å². The van der Waals surface area contributed by atoms with E-state index in [0.29, 0.717) is 61.6 Å². The zero-order valence-electron chi connectivity index (χ0n) is 23.8. The van der Waals surface area contributed by atoms with E-state index in [4.69, 9.17) is 4.74 Å². The number of rotatable bonds is 9. The first kappa shape index (κ1) is 28.9. The van der Waals surface area contributed by atoms with Crippen molar-refractivity contribution in [2.75, 3.05) is 36.5 Å². The van der Waals surface area contributed by atoms with Crippen LogP contribution >= 0.6 is 0 Å². The van der Waals surface area contributed by atoms with Crippen LogP contribution in [-0.2, 0) is 16.0 Å². The molecular formula is C33H36N4O5. The standard InChI is InChI=1S/C33H36N4O5/c1-23(38)35-27-12-7-25(8-13-27)32(40)34-19-4-22-42-29-14-9-26(10-15-29)33(41)36-20-17-28(18-21-36)37-30-6-3-2-5-24(30)11-16-31(37)39/h2-3,5-10,12-15,28H,4,11,16-22H2,1H3,(H,34,40)(H,35,38). The Hall–Kier alpha value is -4.66. The smallest absolute Gasteiger partial charge is 0.253 e. The molecule has 3 aromatic carbocycles. The SMILES string of the molecule is CC(=O)Nc1ccc(C(=O)NCCCOc2ccc(C(=O)N3CCC(N4C(=O)CCc5ccccc54)CC3)cc2)cc1. The first-order valence-electron chi connectivity index (χ1n) is 14.5. The molecule has 0 unspecified atom stereocenters. The first-order valence-corrected chi connectivity index (χ1v) is 14.5. The molecule has 1 saturated heterocycles. The third-order valence-electron chi connectivity index (χ3n) is 7.69. The molecule has 9 heteroatoms. The molecule has 42 heavy (non-hydrogen) atoms. The number of anilines is 2. The van der Waals surface area contributed by atoms with E-state index in [9.17, 15) is 19.2 Å². The quantitative estimate of drug-likeness (QED) is 0.372. The lowest BCUT2D eigenvalue weighted by Gasteiger charge is -2.41. The van der Waals surface area contributed by atoms with E-state index in [0.717, 1.165) is 24.9 Å². The Morgan fingerprint density at radius 2 is 1.57 bits per heavy atom. The van der Waals surface area contributed by atoms with Crippen molar-refractivity contribution in [3.05, 3.63) is 89.5 Å². The number of amides is 4. The highest BCUT2D eigenvalue weighted by molar-refractivity contribution is 5.97. The maximum absolute atomic E-state index is 13.1. The monoisotopic (exact) mass is 568 g/mol. The highest BCUT2D eigenvalue weighted by Crippen LogP contribution is 2.32. The lowest BCUT2D eigenvalue weighted by atomic mass is 9.95. The second kappa shape index (κ2) is 13.3. The molecule has 3 aromatic rings. The molecule has 0 bridgehead atoms. The highest BCUT2D eigenvalue weighted by atomic mass is 16.5. The van der Waals surface area contributed by atoms with Crippen molar-refractivity contribution >= 4 is 35.0 Å². The predicted octanol–water partition coefficient (Wildman–Crippen LogP) is 4.43. The number of para-hydroxylation sites is 1. The third kappa shape index (κ3) is 6.97. The molecule has 218 valence electrons. The number of nitrogens with zero attached hydrogens (tertiary/aromatic N) is 2. The summed E-state index contributed by atoms with van der Waals surface area (Å²) in [5, 5.41) is 5.53. The van der Waals surface area contributed by atoms with Gasteiger partial charge < -0.3 is 25.2 Å². The Morgan fingerprint density at radius 1 is 0.881 bits per heavy atom. The van der Waals surface area contributed by atoms with Crippen LogP contribution in [0, 0.1) is 0 Å². The number of hydrogen-bond donors (Lipinski definition) is 2. The van der Waals surface area contributed by atoms with Crippen molar-refractivity contribution in [1.29, 1.82) is 0 Å². The van der Waals surface area contributed by atoms with Crippen molar-refractivity contribution < 1.29 is 23.9 Å². The summed E-state index contributed by atoms with van der Waals surface area (Å²) in [6, 6.07) is 22.1. The van der Waals surface area contributed by atoms with Gasteiger partial charge in [0.25, 0.3) is 11.8 Å². The Balaban J connectivity index is 1.03. The van der Waals surface area contributed by atoms with Crippen LogP contribution < -0.4 is 20.3 Å². The number of nitrogens with one attached hydrogen (secondary N) is 2. The van der Waals surface area contributed by atoms with E-state index < -0.39 is 0 Å². The van der Waals surface area contributed by atoms with Crippen LogP contribution in [-0.4, -0.2) is 60.8 Å². The second-order valence-corrected chi connectivity index (χ2v) is 10.7. The summed E-state index contributed by atoms with van der Waals surface area (Å²) in [5.41, 5.74) is 4.00. The lowest BCUT2D eigenvalue weighted by molar-refractivity contribution is -0.119. The van der Waals surface area contributed by atoms with Gasteiger partial charge in [-0.2, -0.15) is 0 Å². The van der Waals surface area contributed by atoms with Crippen LogP contribution in [0.4, 0.5) is 11.4 Å². The number of piperidine rings is 1. The van der Waals surface area contributed by atoms with Gasteiger partial charge in [0.05, 0.1) is 6.61 Å². The van der Waals surface area contributed by atoms with E-state index in [1.165, 1.54) is 12.5 Å². The minimum absolute atomic E-state index is 0.0156. The minimum Gasteiger partial charge on any atom is -0.494 e. The van der Waals surface area contributed by atoms with Gasteiger partial charge in [-0.15, -0.1) is 0 Å². The normalized spacial score (nSPS) is 15.1. The summed E-state index contributed by atoms with van der Waals surface area (Å²) in [6.45, 7) is 3.52. The molecule has 0 atom stereocenters. The van der Waals surface area contributed by atoms with Crippen molar-refractivity contribution in [2.24, 2.45) is 0 Å². The molecule has 4 amide bonds. The van der Waals surface area contributed by atoms with E-state index >= 15 is 0 Å². The molecule has 0 aliphatic carbocycles. The summed E-state index contributed by atoms with van der Waals surface area (Å²) >= 11 is 0. The molecule has 0 saturated carbocycles. The predicted molar refractivity (Wildman–Crippen MR) is 161 cm³/mol. The number of carbonyl (C=O) groups is 4. The van der Waals surface area contributed by atoms with E-state index in [1.54, 1.807) is 48.5 Å². The summed E-state index contributed by atoms with van der Waals surface area (Å²) in [7, 11) is 0. The van der Waals surface area contributed by atoms with Crippen molar-refractivity contribution in [3.8, 4) is 5.75 Å². The van der Waals surface area contributed by atoms with E-state index in [2.05, 4.69) is 16.7 Å². The van der Waals surface area contributed by atoms with Gasteiger partial charge in [0, 0.05) is 61.5 Å². The largest absolute Gasteiger partial charge is 0.494 e. The molecule has 0 radical (unpaired) electrons. The molecule has 2 N–H and O–H groups in total. The number of fused-ring (bicyclic) bond motifs is 1. The minimum atomic E-state index is -0.191. The van der Waals surface area contributed by atoms with Crippen LogP contribution in [0.15, 0.2) is 72.8 Å². The number of hydrogen-bond acceptors (Lipinski definition) is 5. The zero-order chi connectivity index (χ0) is 29.5. The topological polar surface area (TPSA) is 108 Å². The van der Waals surface area contributed by atoms with Crippen molar-refractivity contribution in [3.63, 3.8) is 0 Å².